The Bertz CT molecular complexity index is 926. The molecule has 1 N–H and O–H groups in total. The van der Waals surface area contributed by atoms with Crippen molar-refractivity contribution in [1.29, 1.82) is 0 Å². The fourth-order valence-corrected chi connectivity index (χ4v) is 3.39. The number of carbonyl (C=O) groups is 2. The molecule has 0 aliphatic rings. The zero-order chi connectivity index (χ0) is 23.4. The second-order valence-electron chi connectivity index (χ2n) is 6.57. The van der Waals surface area contributed by atoms with Gasteiger partial charge in [-0.25, -0.2) is 4.79 Å². The number of hydrogen-bond acceptors (Lipinski definition) is 3. The highest BCUT2D eigenvalue weighted by atomic mass is 127. The Kier molecular flexibility index (Phi) is 7.95. The van der Waals surface area contributed by atoms with Gasteiger partial charge in [0.25, 0.3) is 0 Å². The molecule has 168 valence electrons. The summed E-state index contributed by atoms with van der Waals surface area (Å²) in [6.07, 6.45) is -10.8. The Morgan fingerprint density at radius 1 is 0.968 bits per heavy atom. The average Bonchev–Trinajstić information content (AvgIpc) is 2.65. The molecule has 0 fully saturated rings. The molecule has 31 heavy (non-hydrogen) atoms. The lowest BCUT2D eigenvalue weighted by Crippen LogP contribution is -2.43. The van der Waals surface area contributed by atoms with Crippen molar-refractivity contribution >= 4 is 34.5 Å². The van der Waals surface area contributed by atoms with E-state index in [0.29, 0.717) is 17.7 Å². The number of amides is 1. The topological polar surface area (TPSA) is 55.4 Å². The van der Waals surface area contributed by atoms with E-state index in [1.54, 1.807) is 18.2 Å². The molecule has 11 heteroatoms. The number of nitrogens with one attached hydrogen (secondary N) is 1. The predicted molar refractivity (Wildman–Crippen MR) is 107 cm³/mol. The highest BCUT2D eigenvalue weighted by molar-refractivity contribution is 14.1. The molecule has 0 radical (unpaired) electrons. The number of halogens is 7. The molecule has 0 spiro atoms. The number of carbonyl (C=O) groups excluding carboxylic acids is 2. The minimum absolute atomic E-state index is 0.0182. The molecular formula is C20H16F6INO3. The summed E-state index contributed by atoms with van der Waals surface area (Å²) in [6.45, 7) is 0. The molecular weight excluding hydrogens is 543 g/mol. The number of benzene rings is 2. The summed E-state index contributed by atoms with van der Waals surface area (Å²) >= 11 is 2.05. The van der Waals surface area contributed by atoms with Crippen molar-refractivity contribution in [3.63, 3.8) is 0 Å². The zero-order valence-corrected chi connectivity index (χ0v) is 18.1. The van der Waals surface area contributed by atoms with Gasteiger partial charge in [-0.05, 0) is 64.0 Å². The van der Waals surface area contributed by atoms with Gasteiger partial charge in [0.2, 0.25) is 5.91 Å². The van der Waals surface area contributed by atoms with Gasteiger partial charge in [-0.2, -0.15) is 26.3 Å². The van der Waals surface area contributed by atoms with Crippen molar-refractivity contribution in [3.05, 3.63) is 68.3 Å². The van der Waals surface area contributed by atoms with E-state index in [2.05, 4.69) is 32.6 Å². The van der Waals surface area contributed by atoms with Crippen molar-refractivity contribution in [1.82, 2.24) is 5.32 Å². The minimum atomic E-state index is -5.02. The second-order valence-corrected chi connectivity index (χ2v) is 7.81. The van der Waals surface area contributed by atoms with Crippen LogP contribution in [0.1, 0.15) is 22.3 Å². The van der Waals surface area contributed by atoms with Crippen molar-refractivity contribution in [2.45, 2.75) is 31.2 Å². The molecule has 0 unspecified atom stereocenters. The minimum Gasteiger partial charge on any atom is -0.467 e. The van der Waals surface area contributed by atoms with Gasteiger partial charge in [-0.1, -0.05) is 12.1 Å². The van der Waals surface area contributed by atoms with E-state index in [0.717, 1.165) is 10.7 Å². The summed E-state index contributed by atoms with van der Waals surface area (Å²) in [5.41, 5.74) is -2.85. The highest BCUT2D eigenvalue weighted by Gasteiger charge is 2.37. The molecule has 0 aliphatic heterocycles. The van der Waals surface area contributed by atoms with Crippen molar-refractivity contribution in [3.8, 4) is 0 Å². The third kappa shape index (κ3) is 7.40. The van der Waals surface area contributed by atoms with Crippen LogP contribution in [0.2, 0.25) is 0 Å². The van der Waals surface area contributed by atoms with Crippen molar-refractivity contribution < 1.29 is 40.7 Å². The summed E-state index contributed by atoms with van der Waals surface area (Å²) in [7, 11) is 1.10. The largest absolute Gasteiger partial charge is 0.467 e. The summed E-state index contributed by atoms with van der Waals surface area (Å²) < 4.78 is 83.4. The van der Waals surface area contributed by atoms with Gasteiger partial charge in [0.05, 0.1) is 24.7 Å². The van der Waals surface area contributed by atoms with Crippen LogP contribution in [-0.2, 0) is 39.5 Å². The van der Waals surface area contributed by atoms with Crippen LogP contribution < -0.4 is 5.32 Å². The Labute approximate surface area is 187 Å². The number of esters is 1. The third-order valence-corrected chi connectivity index (χ3v) is 4.83. The molecule has 2 rings (SSSR count). The van der Waals surface area contributed by atoms with Crippen LogP contribution in [-0.4, -0.2) is 25.0 Å². The van der Waals surface area contributed by atoms with E-state index in [4.69, 9.17) is 0 Å². The van der Waals surface area contributed by atoms with E-state index >= 15 is 0 Å². The molecule has 0 aliphatic carbocycles. The molecule has 1 amide bonds. The van der Waals surface area contributed by atoms with Crippen LogP contribution in [0.5, 0.6) is 0 Å². The Morgan fingerprint density at radius 3 is 2.03 bits per heavy atom. The normalized spacial score (nSPS) is 12.9. The van der Waals surface area contributed by atoms with Crippen LogP contribution >= 0.6 is 22.6 Å². The first-order chi connectivity index (χ1) is 14.3. The lowest BCUT2D eigenvalue weighted by Gasteiger charge is -2.18. The number of methoxy groups -OCH3 is 1. The van der Waals surface area contributed by atoms with Crippen LogP contribution in [0.15, 0.2) is 42.5 Å². The average molecular weight is 559 g/mol. The zero-order valence-electron chi connectivity index (χ0n) is 15.9. The molecule has 2 aromatic rings. The summed E-state index contributed by atoms with van der Waals surface area (Å²) in [5, 5.41) is 2.32. The predicted octanol–water partition coefficient (Wildman–Crippen LogP) is 4.77. The van der Waals surface area contributed by atoms with Crippen LogP contribution in [0.4, 0.5) is 26.3 Å². The Balaban J connectivity index is 2.24. The van der Waals surface area contributed by atoms with Crippen LogP contribution in [0, 0.1) is 3.57 Å². The van der Waals surface area contributed by atoms with Gasteiger partial charge in [-0.15, -0.1) is 0 Å². The molecule has 0 saturated heterocycles. The lowest BCUT2D eigenvalue weighted by molar-refractivity contribution is -0.145. The van der Waals surface area contributed by atoms with Crippen molar-refractivity contribution in [2.75, 3.05) is 7.11 Å². The van der Waals surface area contributed by atoms with Gasteiger partial charge < -0.3 is 10.1 Å². The molecule has 1 atom stereocenters. The molecule has 0 heterocycles. The fourth-order valence-electron chi connectivity index (χ4n) is 2.79. The number of alkyl halides is 6. The van der Waals surface area contributed by atoms with E-state index in [-0.39, 0.29) is 12.5 Å². The smallest absolute Gasteiger partial charge is 0.416 e. The monoisotopic (exact) mass is 559 g/mol. The van der Waals surface area contributed by atoms with Gasteiger partial charge in [-0.3, -0.25) is 4.79 Å². The standard InChI is InChI=1S/C20H16F6INO3/c1-31-18(30)16(8-11-3-2-4-15(27)7-11)28-17(29)9-12-5-13(19(21,22)23)10-14(6-12)20(24,25)26/h2-7,10,16H,8-9H2,1H3,(H,28,29)/t16-/m0/s1. The maximum Gasteiger partial charge on any atom is 0.416 e. The highest BCUT2D eigenvalue weighted by Crippen LogP contribution is 2.36. The second kappa shape index (κ2) is 9.88. The van der Waals surface area contributed by atoms with E-state index < -0.39 is 53.4 Å². The summed E-state index contributed by atoms with van der Waals surface area (Å²) in [5.74, 6) is -1.72. The lowest BCUT2D eigenvalue weighted by atomic mass is 10.0. The first-order valence-electron chi connectivity index (χ1n) is 8.69. The molecule has 0 bridgehead atoms. The van der Waals surface area contributed by atoms with Crippen LogP contribution in [0.3, 0.4) is 0 Å². The van der Waals surface area contributed by atoms with E-state index in [9.17, 15) is 35.9 Å². The number of rotatable bonds is 6. The fraction of sp³-hybridized carbons (Fsp3) is 0.300. The van der Waals surface area contributed by atoms with Crippen LogP contribution in [0.25, 0.3) is 0 Å². The molecule has 4 nitrogen and oxygen atoms in total. The third-order valence-electron chi connectivity index (χ3n) is 4.16. The summed E-state index contributed by atoms with van der Waals surface area (Å²) in [4.78, 5) is 24.4. The maximum atomic E-state index is 13.0. The quantitative estimate of drug-likeness (QED) is 0.316. The SMILES string of the molecule is COC(=O)[C@H](Cc1cccc(I)c1)NC(=O)Cc1cc(C(F)(F)F)cc(C(F)(F)F)c1. The maximum absolute atomic E-state index is 13.0. The van der Waals surface area contributed by atoms with Gasteiger partial charge in [0.15, 0.2) is 0 Å². The van der Waals surface area contributed by atoms with Gasteiger partial charge in [0.1, 0.15) is 6.04 Å². The van der Waals surface area contributed by atoms with Gasteiger partial charge >= 0.3 is 18.3 Å². The molecule has 0 aromatic heterocycles. The number of ether oxygens (including phenoxy) is 1. The van der Waals surface area contributed by atoms with Crippen molar-refractivity contribution in [2.24, 2.45) is 0 Å². The van der Waals surface area contributed by atoms with E-state index in [1.807, 2.05) is 6.07 Å². The first-order valence-corrected chi connectivity index (χ1v) is 9.77. The number of hydrogen-bond donors (Lipinski definition) is 1. The molecule has 2 aromatic carbocycles. The Morgan fingerprint density at radius 2 is 1.55 bits per heavy atom. The van der Waals surface area contributed by atoms with E-state index in [1.165, 1.54) is 0 Å². The molecule has 0 saturated carbocycles. The summed E-state index contributed by atoms with van der Waals surface area (Å²) in [6, 6.07) is 6.76. The Hall–Kier alpha value is -2.31. The first kappa shape index (κ1) is 25.0. The van der Waals surface area contributed by atoms with Gasteiger partial charge in [0, 0.05) is 9.99 Å².